The number of nitrogens with one attached hydrogen (secondary N) is 1. The molecule has 238 valence electrons. The first-order valence-corrected chi connectivity index (χ1v) is 16.6. The van der Waals surface area contributed by atoms with Crippen LogP contribution in [0.1, 0.15) is 58.9 Å². The van der Waals surface area contributed by atoms with Crippen molar-refractivity contribution in [3.8, 4) is 5.75 Å². The summed E-state index contributed by atoms with van der Waals surface area (Å²) in [5.41, 5.74) is 3.52. The highest BCUT2D eigenvalue weighted by Gasteiger charge is 2.43. The topological polar surface area (TPSA) is 121 Å². The Morgan fingerprint density at radius 3 is 2.64 bits per heavy atom. The van der Waals surface area contributed by atoms with E-state index >= 15 is 0 Å². The molecule has 0 spiro atoms. The van der Waals surface area contributed by atoms with Crippen LogP contribution in [0, 0.1) is 11.8 Å². The average molecular weight is 646 g/mol. The number of benzene rings is 1. The van der Waals surface area contributed by atoms with Crippen LogP contribution < -0.4 is 10.1 Å². The molecule has 2 aliphatic heterocycles. The molecule has 3 aliphatic rings. The van der Waals surface area contributed by atoms with Crippen molar-refractivity contribution in [2.24, 2.45) is 11.8 Å². The van der Waals surface area contributed by atoms with Gasteiger partial charge in [0.05, 0.1) is 30.2 Å². The molecule has 44 heavy (non-hydrogen) atoms. The fraction of sp³-hybridized carbons (Fsp3) is 0.581. The maximum absolute atomic E-state index is 14.3. The van der Waals surface area contributed by atoms with Gasteiger partial charge >= 0.3 is 6.09 Å². The number of hydrogen-bond acceptors (Lipinski definition) is 8. The van der Waals surface area contributed by atoms with Crippen LogP contribution in [0.15, 0.2) is 29.9 Å². The Balaban J connectivity index is 1.40. The van der Waals surface area contributed by atoms with E-state index in [1.807, 2.05) is 23.1 Å². The number of carbonyl (C=O) groups excluding carboxylic acids is 4. The van der Waals surface area contributed by atoms with Gasteiger partial charge in [-0.1, -0.05) is 25.0 Å². The molecule has 1 saturated carbocycles. The van der Waals surface area contributed by atoms with Gasteiger partial charge < -0.3 is 29.5 Å². The van der Waals surface area contributed by atoms with Gasteiger partial charge in [-0.2, -0.15) is 0 Å². The van der Waals surface area contributed by atoms with Gasteiger partial charge in [0.1, 0.15) is 23.3 Å². The number of amides is 4. The fourth-order valence-corrected chi connectivity index (χ4v) is 7.28. The molecular formula is C31H40ClN5O6S. The van der Waals surface area contributed by atoms with Crippen LogP contribution in [0.5, 0.6) is 5.75 Å². The predicted octanol–water partition coefficient (Wildman–Crippen LogP) is 3.72. The highest BCUT2D eigenvalue weighted by atomic mass is 35.5. The van der Waals surface area contributed by atoms with Gasteiger partial charge in [0, 0.05) is 57.5 Å². The van der Waals surface area contributed by atoms with Crippen molar-refractivity contribution in [2.75, 3.05) is 52.8 Å². The summed E-state index contributed by atoms with van der Waals surface area (Å²) in [6.45, 7) is 1.65. The standard InChI is InChI=1S/C31H40ClN5O6S/c1-35(2)28(38)22-7-3-4-8-23(22)29(39)37-14-10-20-6-5-9-25(27(20)24(37)16-34-31(41)42-15-12-32)43-21-11-13-36(18-21)30(40)26-17-33-19-44-26/h5-6,9,17,19,21-24H,3-4,7-8,10-16,18H2,1-2H3,(H,34,41)/t21-,22-,23+,24?/m0/s1. The van der Waals surface area contributed by atoms with Crippen LogP contribution in [-0.4, -0.2) is 102 Å². The van der Waals surface area contributed by atoms with E-state index in [0.717, 1.165) is 24.0 Å². The summed E-state index contributed by atoms with van der Waals surface area (Å²) >= 11 is 7.02. The lowest BCUT2D eigenvalue weighted by molar-refractivity contribution is -0.148. The highest BCUT2D eigenvalue weighted by Crippen LogP contribution is 2.41. The number of alkyl carbamates (subject to hydrolysis) is 1. The molecule has 1 saturated heterocycles. The zero-order chi connectivity index (χ0) is 31.2. The van der Waals surface area contributed by atoms with E-state index in [2.05, 4.69) is 10.3 Å². The Bertz CT molecular complexity index is 1340. The van der Waals surface area contributed by atoms with E-state index in [0.29, 0.717) is 55.9 Å². The van der Waals surface area contributed by atoms with Crippen LogP contribution in [0.3, 0.4) is 0 Å². The molecule has 4 amide bonds. The molecule has 11 nitrogen and oxygen atoms in total. The monoisotopic (exact) mass is 645 g/mol. The van der Waals surface area contributed by atoms with Crippen LogP contribution in [0.2, 0.25) is 0 Å². The van der Waals surface area contributed by atoms with Gasteiger partial charge in [0.25, 0.3) is 5.91 Å². The number of aromatic nitrogens is 1. The molecule has 4 atom stereocenters. The van der Waals surface area contributed by atoms with E-state index in [4.69, 9.17) is 21.1 Å². The lowest BCUT2D eigenvalue weighted by Gasteiger charge is -2.42. The van der Waals surface area contributed by atoms with E-state index in [9.17, 15) is 19.2 Å². The van der Waals surface area contributed by atoms with Crippen LogP contribution in [-0.2, 0) is 20.7 Å². The Hall–Kier alpha value is -3.38. The quantitative estimate of drug-likeness (QED) is 0.413. The number of alkyl halides is 1. The van der Waals surface area contributed by atoms with Gasteiger partial charge in [-0.3, -0.25) is 19.4 Å². The summed E-state index contributed by atoms with van der Waals surface area (Å²) in [6.07, 6.45) is 5.15. The first-order chi connectivity index (χ1) is 21.3. The van der Waals surface area contributed by atoms with Gasteiger partial charge in [-0.25, -0.2) is 4.79 Å². The minimum Gasteiger partial charge on any atom is -0.488 e. The molecule has 2 fully saturated rings. The van der Waals surface area contributed by atoms with Gasteiger partial charge in [0.2, 0.25) is 11.8 Å². The third-order valence-electron chi connectivity index (χ3n) is 8.73. The number of likely N-dealkylation sites (tertiary alicyclic amines) is 1. The molecule has 5 rings (SSSR count). The molecule has 13 heteroatoms. The number of fused-ring (bicyclic) bond motifs is 1. The maximum Gasteiger partial charge on any atom is 0.407 e. The minimum absolute atomic E-state index is 0.0255. The summed E-state index contributed by atoms with van der Waals surface area (Å²) in [5, 5.41) is 2.82. The van der Waals surface area contributed by atoms with Crippen molar-refractivity contribution >= 4 is 46.8 Å². The summed E-state index contributed by atoms with van der Waals surface area (Å²) in [6, 6.07) is 5.32. The Labute approximate surface area is 266 Å². The second-order valence-corrected chi connectivity index (χ2v) is 13.0. The summed E-state index contributed by atoms with van der Waals surface area (Å²) in [4.78, 5) is 62.6. The van der Waals surface area contributed by atoms with Crippen LogP contribution in [0.25, 0.3) is 0 Å². The zero-order valence-electron chi connectivity index (χ0n) is 25.2. The molecule has 1 aromatic carbocycles. The van der Waals surface area contributed by atoms with E-state index in [1.54, 1.807) is 35.6 Å². The molecule has 1 N–H and O–H groups in total. The smallest absolute Gasteiger partial charge is 0.407 e. The zero-order valence-corrected chi connectivity index (χ0v) is 26.8. The summed E-state index contributed by atoms with van der Waals surface area (Å²) < 4.78 is 11.7. The SMILES string of the molecule is CN(C)C(=O)[C@H]1CCCC[C@H]1C(=O)N1CCc2cccc(O[C@H]3CCN(C(=O)c4cncs4)C3)c2C1CNC(=O)OCCCl. The lowest BCUT2D eigenvalue weighted by atomic mass is 9.77. The first-order valence-electron chi connectivity index (χ1n) is 15.2. The number of thiazole rings is 1. The predicted molar refractivity (Wildman–Crippen MR) is 166 cm³/mol. The third-order valence-corrected chi connectivity index (χ3v) is 9.65. The number of carbonyl (C=O) groups is 4. The van der Waals surface area contributed by atoms with Gasteiger partial charge in [-0.15, -0.1) is 22.9 Å². The normalized spacial score (nSPS) is 23.1. The number of hydrogen-bond donors (Lipinski definition) is 1. The van der Waals surface area contributed by atoms with Crippen molar-refractivity contribution in [2.45, 2.75) is 50.7 Å². The molecular weight excluding hydrogens is 606 g/mol. The Morgan fingerprint density at radius 2 is 1.91 bits per heavy atom. The number of halogens is 1. The van der Waals surface area contributed by atoms with Gasteiger partial charge in [-0.05, 0) is 30.9 Å². The lowest BCUT2D eigenvalue weighted by Crippen LogP contribution is -2.50. The highest BCUT2D eigenvalue weighted by molar-refractivity contribution is 7.11. The van der Waals surface area contributed by atoms with Crippen molar-refractivity contribution in [1.29, 1.82) is 0 Å². The number of ether oxygens (including phenoxy) is 2. The van der Waals surface area contributed by atoms with E-state index in [-0.39, 0.29) is 48.8 Å². The fourth-order valence-electron chi connectivity index (χ4n) is 6.61. The van der Waals surface area contributed by atoms with Crippen molar-refractivity contribution in [3.05, 3.63) is 45.9 Å². The summed E-state index contributed by atoms with van der Waals surface area (Å²) in [7, 11) is 3.46. The summed E-state index contributed by atoms with van der Waals surface area (Å²) in [5.74, 6) is -0.159. The second-order valence-electron chi connectivity index (χ2n) is 11.7. The molecule has 1 unspecified atom stereocenters. The minimum atomic E-state index is -0.616. The maximum atomic E-state index is 14.3. The van der Waals surface area contributed by atoms with E-state index < -0.39 is 18.1 Å². The van der Waals surface area contributed by atoms with E-state index in [1.165, 1.54) is 11.3 Å². The molecule has 1 aliphatic carbocycles. The second kappa shape index (κ2) is 14.6. The Kier molecular flexibility index (Phi) is 10.6. The van der Waals surface area contributed by atoms with Gasteiger partial charge in [0.15, 0.2) is 0 Å². The molecule has 2 aromatic rings. The number of nitrogens with zero attached hydrogens (tertiary/aromatic N) is 4. The van der Waals surface area contributed by atoms with Crippen LogP contribution in [0.4, 0.5) is 4.79 Å². The molecule has 0 bridgehead atoms. The number of rotatable bonds is 9. The van der Waals surface area contributed by atoms with Crippen molar-refractivity contribution < 1.29 is 28.7 Å². The largest absolute Gasteiger partial charge is 0.488 e. The third kappa shape index (κ3) is 7.12. The molecule has 1 aromatic heterocycles. The van der Waals surface area contributed by atoms with Crippen molar-refractivity contribution in [3.63, 3.8) is 0 Å². The Morgan fingerprint density at radius 1 is 1.11 bits per heavy atom. The average Bonchev–Trinajstić information content (AvgIpc) is 3.75. The van der Waals surface area contributed by atoms with Crippen LogP contribution >= 0.6 is 22.9 Å². The first kappa shape index (κ1) is 32.0. The molecule has 0 radical (unpaired) electrons. The van der Waals surface area contributed by atoms with Crippen molar-refractivity contribution in [1.82, 2.24) is 25.0 Å². The molecule has 3 heterocycles.